The highest BCUT2D eigenvalue weighted by Crippen LogP contribution is 2.16. The SMILES string of the molecule is CCN(CCNC(=O)N1CCC(CO)CC1)C(C)C. The maximum absolute atomic E-state index is 12.0. The molecule has 0 bridgehead atoms. The van der Waals surface area contributed by atoms with E-state index in [0.29, 0.717) is 18.5 Å². The number of rotatable bonds is 6. The molecule has 0 radical (unpaired) electrons. The van der Waals surface area contributed by atoms with Gasteiger partial charge in [0.1, 0.15) is 0 Å². The summed E-state index contributed by atoms with van der Waals surface area (Å²) >= 11 is 0. The molecular formula is C14H29N3O2. The van der Waals surface area contributed by atoms with Gasteiger partial charge in [0, 0.05) is 38.8 Å². The quantitative estimate of drug-likeness (QED) is 0.761. The van der Waals surface area contributed by atoms with Crippen LogP contribution in [0, 0.1) is 5.92 Å². The zero-order valence-corrected chi connectivity index (χ0v) is 12.6. The Morgan fingerprint density at radius 3 is 2.53 bits per heavy atom. The molecule has 0 saturated carbocycles. The van der Waals surface area contributed by atoms with Crippen molar-refractivity contribution < 1.29 is 9.90 Å². The number of nitrogens with zero attached hydrogens (tertiary/aromatic N) is 2. The lowest BCUT2D eigenvalue weighted by Gasteiger charge is -2.31. The van der Waals surface area contributed by atoms with Crippen LogP contribution in [0.15, 0.2) is 0 Å². The highest BCUT2D eigenvalue weighted by molar-refractivity contribution is 5.74. The molecular weight excluding hydrogens is 242 g/mol. The van der Waals surface area contributed by atoms with E-state index in [1.54, 1.807) is 0 Å². The predicted molar refractivity (Wildman–Crippen MR) is 77.2 cm³/mol. The number of amides is 2. The van der Waals surface area contributed by atoms with E-state index in [9.17, 15) is 4.79 Å². The van der Waals surface area contributed by atoms with Crippen molar-refractivity contribution in [2.75, 3.05) is 39.3 Å². The van der Waals surface area contributed by atoms with Gasteiger partial charge in [-0.05, 0) is 39.2 Å². The maximum atomic E-state index is 12.0. The third kappa shape index (κ3) is 5.37. The Labute approximate surface area is 117 Å². The number of aliphatic hydroxyl groups excluding tert-OH is 1. The first-order chi connectivity index (χ1) is 9.08. The fourth-order valence-electron chi connectivity index (χ4n) is 2.52. The highest BCUT2D eigenvalue weighted by atomic mass is 16.3. The molecule has 2 N–H and O–H groups in total. The van der Waals surface area contributed by atoms with Crippen molar-refractivity contribution in [2.24, 2.45) is 5.92 Å². The fourth-order valence-corrected chi connectivity index (χ4v) is 2.52. The number of likely N-dealkylation sites (tertiary alicyclic amines) is 1. The van der Waals surface area contributed by atoms with E-state index >= 15 is 0 Å². The summed E-state index contributed by atoms with van der Waals surface area (Å²) in [4.78, 5) is 16.2. The molecule has 1 saturated heterocycles. The summed E-state index contributed by atoms with van der Waals surface area (Å²) in [6.07, 6.45) is 1.83. The largest absolute Gasteiger partial charge is 0.396 e. The Balaban J connectivity index is 2.21. The van der Waals surface area contributed by atoms with Gasteiger partial charge >= 0.3 is 6.03 Å². The topological polar surface area (TPSA) is 55.8 Å². The molecule has 19 heavy (non-hydrogen) atoms. The van der Waals surface area contributed by atoms with Crippen LogP contribution in [-0.4, -0.2) is 66.3 Å². The van der Waals surface area contributed by atoms with Crippen LogP contribution >= 0.6 is 0 Å². The van der Waals surface area contributed by atoms with E-state index in [1.165, 1.54) is 0 Å². The molecule has 1 heterocycles. The molecule has 5 heteroatoms. The molecule has 1 rings (SSSR count). The smallest absolute Gasteiger partial charge is 0.317 e. The van der Waals surface area contributed by atoms with Gasteiger partial charge < -0.3 is 15.3 Å². The fraction of sp³-hybridized carbons (Fsp3) is 0.929. The summed E-state index contributed by atoms with van der Waals surface area (Å²) in [5, 5.41) is 12.1. The predicted octanol–water partition coefficient (Wildman–Crippen LogP) is 1.13. The van der Waals surface area contributed by atoms with Gasteiger partial charge in [-0.25, -0.2) is 4.79 Å². The zero-order chi connectivity index (χ0) is 14.3. The molecule has 0 aromatic rings. The molecule has 2 amide bonds. The lowest BCUT2D eigenvalue weighted by Crippen LogP contribution is -2.47. The van der Waals surface area contributed by atoms with Gasteiger partial charge in [-0.3, -0.25) is 4.90 Å². The molecule has 5 nitrogen and oxygen atoms in total. The number of carbonyl (C=O) groups excluding carboxylic acids is 1. The molecule has 0 aromatic heterocycles. The summed E-state index contributed by atoms with van der Waals surface area (Å²) in [5.41, 5.74) is 0. The molecule has 0 unspecified atom stereocenters. The van der Waals surface area contributed by atoms with Gasteiger partial charge in [-0.15, -0.1) is 0 Å². The number of carbonyl (C=O) groups is 1. The molecule has 0 aliphatic carbocycles. The minimum Gasteiger partial charge on any atom is -0.396 e. The Morgan fingerprint density at radius 1 is 1.42 bits per heavy atom. The monoisotopic (exact) mass is 271 g/mol. The summed E-state index contributed by atoms with van der Waals surface area (Å²) in [5.74, 6) is 0.376. The number of urea groups is 1. The first-order valence-corrected chi connectivity index (χ1v) is 7.46. The van der Waals surface area contributed by atoms with Gasteiger partial charge in [0.05, 0.1) is 0 Å². The van der Waals surface area contributed by atoms with E-state index in [0.717, 1.165) is 39.0 Å². The van der Waals surface area contributed by atoms with E-state index in [4.69, 9.17) is 5.11 Å². The molecule has 0 aromatic carbocycles. The van der Waals surface area contributed by atoms with Crippen molar-refractivity contribution in [1.82, 2.24) is 15.1 Å². The molecule has 1 fully saturated rings. The Hall–Kier alpha value is -0.810. The van der Waals surface area contributed by atoms with E-state index < -0.39 is 0 Å². The van der Waals surface area contributed by atoms with E-state index in [2.05, 4.69) is 31.0 Å². The van der Waals surface area contributed by atoms with Crippen LogP contribution in [-0.2, 0) is 0 Å². The summed E-state index contributed by atoms with van der Waals surface area (Å²) in [6.45, 7) is 10.9. The van der Waals surface area contributed by atoms with Gasteiger partial charge in [-0.2, -0.15) is 0 Å². The summed E-state index contributed by atoms with van der Waals surface area (Å²) < 4.78 is 0. The minimum absolute atomic E-state index is 0.0381. The van der Waals surface area contributed by atoms with Crippen LogP contribution < -0.4 is 5.32 Å². The second kappa shape index (κ2) is 8.38. The molecule has 1 aliphatic rings. The van der Waals surface area contributed by atoms with Crippen LogP contribution in [0.3, 0.4) is 0 Å². The van der Waals surface area contributed by atoms with Crippen molar-refractivity contribution in [1.29, 1.82) is 0 Å². The van der Waals surface area contributed by atoms with Crippen LogP contribution in [0.4, 0.5) is 4.79 Å². The second-order valence-electron chi connectivity index (χ2n) is 5.57. The number of hydrogen-bond acceptors (Lipinski definition) is 3. The third-order valence-corrected chi connectivity index (χ3v) is 3.97. The zero-order valence-electron chi connectivity index (χ0n) is 12.6. The molecule has 0 spiro atoms. The molecule has 112 valence electrons. The van der Waals surface area contributed by atoms with Crippen molar-refractivity contribution in [3.63, 3.8) is 0 Å². The Morgan fingerprint density at radius 2 is 2.05 bits per heavy atom. The van der Waals surface area contributed by atoms with Crippen LogP contribution in [0.25, 0.3) is 0 Å². The number of nitrogens with one attached hydrogen (secondary N) is 1. The van der Waals surface area contributed by atoms with Crippen molar-refractivity contribution in [2.45, 2.75) is 39.7 Å². The summed E-state index contributed by atoms with van der Waals surface area (Å²) in [7, 11) is 0. The molecule has 0 atom stereocenters. The van der Waals surface area contributed by atoms with E-state index in [1.807, 2.05) is 4.90 Å². The van der Waals surface area contributed by atoms with Gasteiger partial charge in [0.25, 0.3) is 0 Å². The lowest BCUT2D eigenvalue weighted by atomic mass is 9.98. The van der Waals surface area contributed by atoms with Crippen LogP contribution in [0.1, 0.15) is 33.6 Å². The van der Waals surface area contributed by atoms with Crippen LogP contribution in [0.2, 0.25) is 0 Å². The maximum Gasteiger partial charge on any atom is 0.317 e. The third-order valence-electron chi connectivity index (χ3n) is 3.97. The average Bonchev–Trinajstić information content (AvgIpc) is 2.43. The molecule has 1 aliphatic heterocycles. The standard InChI is InChI=1S/C14H29N3O2/c1-4-16(12(2)3)10-7-15-14(19)17-8-5-13(11-18)6-9-17/h12-13,18H,4-11H2,1-3H3,(H,15,19). The minimum atomic E-state index is 0.0381. The number of hydrogen-bond donors (Lipinski definition) is 2. The number of piperidine rings is 1. The Kier molecular flexibility index (Phi) is 7.16. The highest BCUT2D eigenvalue weighted by Gasteiger charge is 2.21. The van der Waals surface area contributed by atoms with Crippen molar-refractivity contribution >= 4 is 6.03 Å². The first-order valence-electron chi connectivity index (χ1n) is 7.46. The van der Waals surface area contributed by atoms with Gasteiger partial charge in [0.2, 0.25) is 0 Å². The number of aliphatic hydroxyl groups is 1. The first kappa shape index (κ1) is 16.2. The normalized spacial score (nSPS) is 17.3. The average molecular weight is 271 g/mol. The van der Waals surface area contributed by atoms with Crippen molar-refractivity contribution in [3.05, 3.63) is 0 Å². The van der Waals surface area contributed by atoms with Gasteiger partial charge in [-0.1, -0.05) is 6.92 Å². The van der Waals surface area contributed by atoms with E-state index in [-0.39, 0.29) is 12.6 Å². The lowest BCUT2D eigenvalue weighted by molar-refractivity contribution is 0.136. The van der Waals surface area contributed by atoms with Crippen molar-refractivity contribution in [3.8, 4) is 0 Å². The van der Waals surface area contributed by atoms with Crippen LogP contribution in [0.5, 0.6) is 0 Å². The van der Waals surface area contributed by atoms with Gasteiger partial charge in [0.15, 0.2) is 0 Å². The number of likely N-dealkylation sites (N-methyl/N-ethyl adjacent to an activating group) is 1. The Bertz CT molecular complexity index is 263. The second-order valence-corrected chi connectivity index (χ2v) is 5.57. The summed E-state index contributed by atoms with van der Waals surface area (Å²) in [6, 6.07) is 0.554.